The zero-order valence-corrected chi connectivity index (χ0v) is 38.1. The average Bonchev–Trinajstić information content (AvgIpc) is 3.20. The Morgan fingerprint density at radius 3 is 0.491 bits per heavy atom. The molecule has 6 rings (SSSR count). The largest absolute Gasteiger partial charge is 0.497 e. The zero-order valence-electron chi connectivity index (χ0n) is 33.1. The van der Waals surface area contributed by atoms with Crippen molar-refractivity contribution in [2.45, 2.75) is 32.7 Å². The van der Waals surface area contributed by atoms with Gasteiger partial charge in [0.15, 0.2) is 0 Å². The predicted octanol–water partition coefficient (Wildman–Crippen LogP) is 5.02. The Morgan fingerprint density at radius 1 is 0.255 bits per heavy atom. The minimum absolute atomic E-state index is 0.728. The molecule has 0 radical (unpaired) electrons. The Morgan fingerprint density at radius 2 is 0.382 bits per heavy atom. The van der Waals surface area contributed by atoms with E-state index in [9.17, 15) is 0 Å². The molecule has 0 aromatic heterocycles. The van der Waals surface area contributed by atoms with E-state index in [-0.39, 0.29) is 0 Å². The van der Waals surface area contributed by atoms with Crippen LogP contribution in [0.2, 0.25) is 32.7 Å². The highest BCUT2D eigenvalue weighted by atomic mass is 28.5. The van der Waals surface area contributed by atoms with Gasteiger partial charge in [0.1, 0.15) is 28.7 Å². The third kappa shape index (κ3) is 8.56. The fourth-order valence-electron chi connectivity index (χ4n) is 7.02. The van der Waals surface area contributed by atoms with Crippen LogP contribution >= 0.6 is 0 Å². The number of methoxy groups -OCH3 is 5. The van der Waals surface area contributed by atoms with Crippen LogP contribution in [0.25, 0.3) is 0 Å². The average molecular weight is 831 g/mol. The molecule has 290 valence electrons. The summed E-state index contributed by atoms with van der Waals surface area (Å²) in [5, 5.41) is 4.52. The molecule has 1 aliphatic rings. The van der Waals surface area contributed by atoms with E-state index >= 15 is 0 Å². The van der Waals surface area contributed by atoms with Crippen LogP contribution in [0.15, 0.2) is 121 Å². The number of rotatable bonds is 10. The second-order valence-corrected chi connectivity index (χ2v) is 30.3. The summed E-state index contributed by atoms with van der Waals surface area (Å²) in [7, 11) is -9.31. The van der Waals surface area contributed by atoms with Gasteiger partial charge in [-0.05, 0) is 119 Å². The monoisotopic (exact) mass is 830 g/mol. The summed E-state index contributed by atoms with van der Waals surface area (Å²) in [5.41, 5.74) is 0. The third-order valence-corrected chi connectivity index (χ3v) is 32.5. The minimum Gasteiger partial charge on any atom is -0.497 e. The molecule has 55 heavy (non-hydrogen) atoms. The highest BCUT2D eigenvalue weighted by Gasteiger charge is 2.60. The SMILES string of the molecule is COc1ccc([Si]2(C)O[Si](C)(c3ccc(OC)cc3)O[Si](C)(c3ccc(OC)cc3)O[Si](C)(c3ccc(OC)cc3)O[Si](C)(c3ccc(OC)cc3)O2)cc1. The lowest BCUT2D eigenvalue weighted by Crippen LogP contribution is -2.77. The van der Waals surface area contributed by atoms with Gasteiger partial charge in [-0.2, -0.15) is 0 Å². The van der Waals surface area contributed by atoms with E-state index in [1.165, 1.54) is 0 Å². The maximum Gasteiger partial charge on any atom is 0.352 e. The summed E-state index contributed by atoms with van der Waals surface area (Å²) in [6, 6.07) is 39.7. The molecule has 0 N–H and O–H groups in total. The highest BCUT2D eigenvalue weighted by molar-refractivity contribution is 7.05. The first-order chi connectivity index (χ1) is 26.2. The van der Waals surface area contributed by atoms with Crippen LogP contribution in [0.3, 0.4) is 0 Å². The summed E-state index contributed by atoms with van der Waals surface area (Å²) >= 11 is 0. The summed E-state index contributed by atoms with van der Waals surface area (Å²) in [6.45, 7) is 10.4. The maximum atomic E-state index is 7.66. The van der Waals surface area contributed by atoms with E-state index in [1.807, 2.05) is 121 Å². The van der Waals surface area contributed by atoms with Gasteiger partial charge in [0, 0.05) is 0 Å². The quantitative estimate of drug-likeness (QED) is 0.179. The summed E-state index contributed by atoms with van der Waals surface area (Å²) in [6.07, 6.45) is 0. The molecule has 5 aromatic carbocycles. The van der Waals surface area contributed by atoms with Crippen LogP contribution in [-0.4, -0.2) is 78.4 Å². The molecule has 0 aliphatic carbocycles. The van der Waals surface area contributed by atoms with E-state index in [2.05, 4.69) is 32.7 Å². The maximum absolute atomic E-state index is 7.66. The Balaban J connectivity index is 1.67. The second-order valence-electron chi connectivity index (χ2n) is 13.9. The van der Waals surface area contributed by atoms with Crippen molar-refractivity contribution in [3.63, 3.8) is 0 Å². The van der Waals surface area contributed by atoms with Crippen LogP contribution < -0.4 is 49.6 Å². The van der Waals surface area contributed by atoms with Crippen LogP contribution in [0.5, 0.6) is 28.7 Å². The molecule has 1 heterocycles. The lowest BCUT2D eigenvalue weighted by molar-refractivity contribution is 0.254. The molecule has 0 atom stereocenters. The van der Waals surface area contributed by atoms with Crippen molar-refractivity contribution < 1.29 is 44.3 Å². The Labute approximate surface area is 330 Å². The predicted molar refractivity (Wildman–Crippen MR) is 227 cm³/mol. The Kier molecular flexibility index (Phi) is 12.0. The first-order valence-corrected chi connectivity index (χ1v) is 29.5. The van der Waals surface area contributed by atoms with Crippen molar-refractivity contribution in [3.05, 3.63) is 121 Å². The number of benzene rings is 5. The fourth-order valence-corrected chi connectivity index (χ4v) is 33.2. The molecule has 1 aliphatic heterocycles. The van der Waals surface area contributed by atoms with Gasteiger partial charge in [0.25, 0.3) is 0 Å². The van der Waals surface area contributed by atoms with Gasteiger partial charge in [-0.15, -0.1) is 0 Å². The van der Waals surface area contributed by atoms with E-state index in [4.69, 9.17) is 44.3 Å². The molecular weight excluding hydrogens is 781 g/mol. The molecule has 0 spiro atoms. The molecule has 1 fully saturated rings. The molecular formula is C40H50O10Si5. The lowest BCUT2D eigenvalue weighted by Gasteiger charge is -2.50. The van der Waals surface area contributed by atoms with Crippen LogP contribution in [0.4, 0.5) is 0 Å². The lowest BCUT2D eigenvalue weighted by atomic mass is 10.3. The molecule has 0 saturated carbocycles. The van der Waals surface area contributed by atoms with Crippen molar-refractivity contribution in [1.82, 2.24) is 0 Å². The normalized spacial score (nSPS) is 27.1. The molecule has 10 nitrogen and oxygen atoms in total. The van der Waals surface area contributed by atoms with E-state index in [0.717, 1.165) is 54.7 Å². The first-order valence-electron chi connectivity index (χ1n) is 18.0. The van der Waals surface area contributed by atoms with Crippen LogP contribution in [-0.2, 0) is 20.6 Å². The molecule has 0 amide bonds. The van der Waals surface area contributed by atoms with Gasteiger partial charge in [-0.1, -0.05) is 60.7 Å². The molecule has 0 bridgehead atoms. The van der Waals surface area contributed by atoms with Gasteiger partial charge in [-0.25, -0.2) is 0 Å². The number of hydrogen-bond acceptors (Lipinski definition) is 10. The van der Waals surface area contributed by atoms with Crippen LogP contribution in [0.1, 0.15) is 0 Å². The van der Waals surface area contributed by atoms with Crippen molar-refractivity contribution in [3.8, 4) is 28.7 Å². The second kappa shape index (κ2) is 16.2. The first kappa shape index (κ1) is 40.6. The minimum atomic E-state index is -3.52. The Bertz CT molecular complexity index is 1680. The highest BCUT2D eigenvalue weighted by Crippen LogP contribution is 2.33. The molecule has 5 aromatic rings. The molecule has 15 heteroatoms. The zero-order chi connectivity index (χ0) is 39.5. The summed E-state index contributed by atoms with van der Waals surface area (Å²) in [5.74, 6) is 3.64. The van der Waals surface area contributed by atoms with Gasteiger partial charge >= 0.3 is 42.8 Å². The summed E-state index contributed by atoms with van der Waals surface area (Å²) < 4.78 is 66.2. The van der Waals surface area contributed by atoms with Crippen LogP contribution in [0, 0.1) is 0 Å². The van der Waals surface area contributed by atoms with Crippen molar-refractivity contribution in [2.24, 2.45) is 0 Å². The van der Waals surface area contributed by atoms with E-state index in [0.29, 0.717) is 0 Å². The number of ether oxygens (including phenoxy) is 5. The van der Waals surface area contributed by atoms with Crippen molar-refractivity contribution >= 4 is 68.7 Å². The van der Waals surface area contributed by atoms with Gasteiger partial charge in [0.05, 0.1) is 35.5 Å². The third-order valence-electron chi connectivity index (χ3n) is 10.0. The molecule has 1 saturated heterocycles. The topological polar surface area (TPSA) is 92.3 Å². The van der Waals surface area contributed by atoms with Gasteiger partial charge in [-0.3, -0.25) is 0 Å². The number of hydrogen-bond donors (Lipinski definition) is 0. The smallest absolute Gasteiger partial charge is 0.352 e. The fraction of sp³-hybridized carbons (Fsp3) is 0.250. The standard InChI is InChI=1S/C40H50O10Si5/c1-41-31-11-21-36(22-12-31)51(6)46-52(7,37-23-13-32(42-2)14-24-37)48-54(9,39-27-17-34(44-4)18-28-39)50-55(10,40-29-19-35(45-5)20-30-40)49-53(8,47-51)38-25-15-33(43-3)16-26-38/h11-30H,1-10H3. The van der Waals surface area contributed by atoms with E-state index in [1.54, 1.807) is 35.5 Å². The van der Waals surface area contributed by atoms with E-state index < -0.39 is 42.8 Å². The summed E-state index contributed by atoms with van der Waals surface area (Å²) in [4.78, 5) is 0. The van der Waals surface area contributed by atoms with Crippen molar-refractivity contribution in [1.29, 1.82) is 0 Å². The van der Waals surface area contributed by atoms with Gasteiger partial charge < -0.3 is 44.3 Å². The Hall–Kier alpha value is -4.02. The van der Waals surface area contributed by atoms with Gasteiger partial charge in [0.2, 0.25) is 0 Å². The van der Waals surface area contributed by atoms with Crippen molar-refractivity contribution in [2.75, 3.05) is 35.5 Å². The molecule has 0 unspecified atom stereocenters.